The highest BCUT2D eigenvalue weighted by Crippen LogP contribution is 2.52. The van der Waals surface area contributed by atoms with Crippen molar-refractivity contribution in [2.24, 2.45) is 17.8 Å². The van der Waals surface area contributed by atoms with E-state index in [1.54, 1.807) is 7.11 Å². The molecule has 21 heavy (non-hydrogen) atoms. The van der Waals surface area contributed by atoms with E-state index in [1.165, 1.54) is 6.33 Å². The van der Waals surface area contributed by atoms with Gasteiger partial charge >= 0.3 is 0 Å². The fourth-order valence-electron chi connectivity index (χ4n) is 4.34. The Kier molecular flexibility index (Phi) is 3.30. The minimum atomic E-state index is -0.520. The monoisotopic (exact) mass is 288 g/mol. The predicted molar refractivity (Wildman–Crippen MR) is 76.1 cm³/mol. The molecule has 0 saturated heterocycles. The summed E-state index contributed by atoms with van der Waals surface area (Å²) < 4.78 is 5.35. The summed E-state index contributed by atoms with van der Waals surface area (Å²) in [5.74, 6) is 0.304. The van der Waals surface area contributed by atoms with Gasteiger partial charge in [-0.3, -0.25) is 4.79 Å². The molecule has 1 fully saturated rings. The fraction of sp³-hybridized carbons (Fsp3) is 0.625. The van der Waals surface area contributed by atoms with Gasteiger partial charge in [-0.2, -0.15) is 0 Å². The second kappa shape index (κ2) is 4.90. The van der Waals surface area contributed by atoms with Crippen LogP contribution in [0, 0.1) is 17.8 Å². The Morgan fingerprint density at radius 2 is 2.19 bits per heavy atom. The molecular formula is C16H20N2O3. The summed E-state index contributed by atoms with van der Waals surface area (Å²) in [6, 6.07) is 0. The first-order valence-electron chi connectivity index (χ1n) is 7.40. The third-order valence-electron chi connectivity index (χ3n) is 5.39. The number of carbonyl (C=O) groups is 2. The van der Waals surface area contributed by atoms with Gasteiger partial charge in [0, 0.05) is 16.9 Å². The van der Waals surface area contributed by atoms with Crippen LogP contribution in [0.4, 0.5) is 0 Å². The first-order valence-corrected chi connectivity index (χ1v) is 7.40. The molecule has 4 atom stereocenters. The van der Waals surface area contributed by atoms with Crippen LogP contribution in [-0.4, -0.2) is 29.1 Å². The maximum absolute atomic E-state index is 12.3. The number of ketones is 1. The topological polar surface area (TPSA) is 69.2 Å². The van der Waals surface area contributed by atoms with E-state index in [2.05, 4.69) is 16.9 Å². The van der Waals surface area contributed by atoms with Crippen LogP contribution in [0.5, 0.6) is 5.88 Å². The highest BCUT2D eigenvalue weighted by atomic mass is 16.5. The molecule has 0 bridgehead atoms. The largest absolute Gasteiger partial charge is 0.481 e. The van der Waals surface area contributed by atoms with Gasteiger partial charge in [-0.25, -0.2) is 9.97 Å². The number of ether oxygens (including phenoxy) is 1. The number of methoxy groups -OCH3 is 1. The van der Waals surface area contributed by atoms with E-state index in [4.69, 9.17) is 4.74 Å². The summed E-state index contributed by atoms with van der Waals surface area (Å²) in [5.41, 5.74) is 1.73. The molecule has 5 nitrogen and oxygen atoms in total. The molecule has 2 aliphatic rings. The summed E-state index contributed by atoms with van der Waals surface area (Å²) in [5, 5.41) is 0. The maximum Gasteiger partial charge on any atom is 0.219 e. The molecular weight excluding hydrogens is 268 g/mol. The van der Waals surface area contributed by atoms with Crippen LogP contribution in [0.2, 0.25) is 0 Å². The Bertz CT molecular complexity index is 601. The molecule has 0 N–H and O–H groups in total. The molecule has 1 saturated carbocycles. The average Bonchev–Trinajstić information content (AvgIpc) is 2.50. The van der Waals surface area contributed by atoms with Crippen molar-refractivity contribution in [1.82, 2.24) is 9.97 Å². The van der Waals surface area contributed by atoms with Crippen LogP contribution < -0.4 is 4.74 Å². The van der Waals surface area contributed by atoms with Gasteiger partial charge in [0.1, 0.15) is 18.4 Å². The summed E-state index contributed by atoms with van der Waals surface area (Å²) in [4.78, 5) is 32.3. The summed E-state index contributed by atoms with van der Waals surface area (Å²) in [6.07, 6.45) is 4.58. The van der Waals surface area contributed by atoms with Gasteiger partial charge in [-0.1, -0.05) is 13.8 Å². The zero-order chi connectivity index (χ0) is 15.2. The average molecular weight is 288 g/mol. The Labute approximate surface area is 124 Å². The van der Waals surface area contributed by atoms with Crippen LogP contribution in [0.1, 0.15) is 37.9 Å². The summed E-state index contributed by atoms with van der Waals surface area (Å²) in [7, 11) is 1.61. The van der Waals surface area contributed by atoms with E-state index >= 15 is 0 Å². The number of aromatic nitrogens is 2. The van der Waals surface area contributed by atoms with Crippen LogP contribution >= 0.6 is 0 Å². The third-order valence-corrected chi connectivity index (χ3v) is 5.39. The van der Waals surface area contributed by atoms with Crippen molar-refractivity contribution < 1.29 is 14.3 Å². The second-order valence-electron chi connectivity index (χ2n) is 6.41. The fourth-order valence-corrected chi connectivity index (χ4v) is 4.34. The number of nitrogens with zero attached hydrogens (tertiary/aromatic N) is 2. The highest BCUT2D eigenvalue weighted by molar-refractivity contribution is 5.96. The van der Waals surface area contributed by atoms with E-state index in [9.17, 15) is 9.59 Å². The lowest BCUT2D eigenvalue weighted by molar-refractivity contribution is -0.137. The molecule has 2 aliphatic carbocycles. The number of carbonyl (C=O) groups excluding carboxylic acids is 2. The molecule has 0 aromatic carbocycles. The molecule has 1 aromatic rings. The molecule has 0 spiro atoms. The van der Waals surface area contributed by atoms with Gasteiger partial charge in [0.15, 0.2) is 0 Å². The van der Waals surface area contributed by atoms with Crippen molar-refractivity contribution in [2.45, 2.75) is 38.5 Å². The standard InChI is InChI=1S/C16H20N2O3/c1-9-12-5-4-11-14(17-8-18-15(11)21-3)16(12,2)6-10(7-19)13(9)20/h7-10,12H,4-6H2,1-3H3/t9-,10?,12-,16-/m0/s1. The molecule has 3 rings (SSSR count). The molecule has 5 heteroatoms. The predicted octanol–water partition coefficient (Wildman–Crippen LogP) is 1.73. The molecule has 1 aromatic heterocycles. The van der Waals surface area contributed by atoms with Crippen LogP contribution in [0.3, 0.4) is 0 Å². The van der Waals surface area contributed by atoms with E-state index < -0.39 is 5.92 Å². The zero-order valence-electron chi connectivity index (χ0n) is 12.6. The molecule has 0 amide bonds. The van der Waals surface area contributed by atoms with Gasteiger partial charge in [0.25, 0.3) is 0 Å². The lowest BCUT2D eigenvalue weighted by Crippen LogP contribution is -2.51. The van der Waals surface area contributed by atoms with Gasteiger partial charge < -0.3 is 9.53 Å². The van der Waals surface area contributed by atoms with Crippen molar-refractivity contribution in [2.75, 3.05) is 7.11 Å². The SMILES string of the molecule is COc1ncnc2c1CC[C@H]1[C@H](C)C(=O)C(C=O)C[C@]21C. The van der Waals surface area contributed by atoms with Crippen molar-refractivity contribution in [3.8, 4) is 5.88 Å². The lowest BCUT2D eigenvalue weighted by atomic mass is 9.54. The summed E-state index contributed by atoms with van der Waals surface area (Å²) in [6.45, 7) is 4.08. The normalized spacial score (nSPS) is 34.8. The van der Waals surface area contributed by atoms with Gasteiger partial charge in [0.05, 0.1) is 18.7 Å². The van der Waals surface area contributed by atoms with E-state index in [1.807, 2.05) is 6.92 Å². The van der Waals surface area contributed by atoms with Crippen LogP contribution in [-0.2, 0) is 21.4 Å². The number of rotatable bonds is 2. The number of hydrogen-bond donors (Lipinski definition) is 0. The first-order chi connectivity index (χ1) is 10.0. The Morgan fingerprint density at radius 3 is 2.86 bits per heavy atom. The van der Waals surface area contributed by atoms with Crippen molar-refractivity contribution in [3.63, 3.8) is 0 Å². The Balaban J connectivity index is 2.13. The van der Waals surface area contributed by atoms with Gasteiger partial charge in [0.2, 0.25) is 5.88 Å². The number of fused-ring (bicyclic) bond motifs is 3. The minimum absolute atomic E-state index is 0.0805. The second-order valence-corrected chi connectivity index (χ2v) is 6.41. The number of hydrogen-bond acceptors (Lipinski definition) is 5. The molecule has 1 heterocycles. The lowest BCUT2D eigenvalue weighted by Gasteiger charge is -2.49. The van der Waals surface area contributed by atoms with Crippen LogP contribution in [0.15, 0.2) is 6.33 Å². The Hall–Kier alpha value is -1.78. The van der Waals surface area contributed by atoms with Crippen molar-refractivity contribution in [3.05, 3.63) is 17.6 Å². The summed E-state index contributed by atoms with van der Waals surface area (Å²) >= 11 is 0. The Morgan fingerprint density at radius 1 is 1.43 bits per heavy atom. The van der Waals surface area contributed by atoms with Crippen molar-refractivity contribution >= 4 is 12.1 Å². The quantitative estimate of drug-likeness (QED) is 0.612. The number of Topliss-reactive ketones (excluding diaryl/α,β-unsaturated/α-hetero) is 1. The van der Waals surface area contributed by atoms with Gasteiger partial charge in [-0.05, 0) is 25.2 Å². The van der Waals surface area contributed by atoms with Crippen LogP contribution in [0.25, 0.3) is 0 Å². The molecule has 1 unspecified atom stereocenters. The molecule has 112 valence electrons. The maximum atomic E-state index is 12.3. The minimum Gasteiger partial charge on any atom is -0.481 e. The third kappa shape index (κ3) is 1.90. The van der Waals surface area contributed by atoms with Gasteiger partial charge in [-0.15, -0.1) is 0 Å². The molecule has 0 radical (unpaired) electrons. The number of aldehydes is 1. The molecule has 0 aliphatic heterocycles. The highest BCUT2D eigenvalue weighted by Gasteiger charge is 2.52. The smallest absolute Gasteiger partial charge is 0.219 e. The first kappa shape index (κ1) is 14.2. The zero-order valence-corrected chi connectivity index (χ0v) is 12.6. The van der Waals surface area contributed by atoms with E-state index in [-0.39, 0.29) is 23.0 Å². The van der Waals surface area contributed by atoms with E-state index in [0.717, 1.165) is 30.4 Å². The van der Waals surface area contributed by atoms with E-state index in [0.29, 0.717) is 12.3 Å². The van der Waals surface area contributed by atoms with Crippen molar-refractivity contribution in [1.29, 1.82) is 0 Å².